The number of nitriles is 1. The van der Waals surface area contributed by atoms with E-state index in [4.69, 9.17) is 0 Å². The standard InChI is InChI=1S/C17H18N4O/c1-12-9-15(13(2)21(12)3)11-19-20-17(22)16(10-18)14-7-5-4-6-8-14/h4-9,11,16H,1-3H3,(H,20,22)/b19-11-/t16-/m1/s1. The quantitative estimate of drug-likeness (QED) is 0.695. The van der Waals surface area contributed by atoms with Crippen molar-refractivity contribution < 1.29 is 4.79 Å². The second-order valence-corrected chi connectivity index (χ2v) is 5.09. The van der Waals surface area contributed by atoms with E-state index in [1.54, 1.807) is 30.5 Å². The highest BCUT2D eigenvalue weighted by molar-refractivity contribution is 5.88. The number of carbonyl (C=O) groups excluding carboxylic acids is 1. The maximum absolute atomic E-state index is 12.1. The summed E-state index contributed by atoms with van der Waals surface area (Å²) in [7, 11) is 1.97. The zero-order valence-corrected chi connectivity index (χ0v) is 12.9. The monoisotopic (exact) mass is 294 g/mol. The highest BCUT2D eigenvalue weighted by atomic mass is 16.2. The van der Waals surface area contributed by atoms with Gasteiger partial charge in [0.1, 0.15) is 0 Å². The van der Waals surface area contributed by atoms with Crippen molar-refractivity contribution in [1.29, 1.82) is 5.26 Å². The molecule has 1 aromatic heterocycles. The molecule has 0 aliphatic rings. The fourth-order valence-electron chi connectivity index (χ4n) is 2.18. The van der Waals surface area contributed by atoms with Gasteiger partial charge in [-0.15, -0.1) is 0 Å². The Hall–Kier alpha value is -2.87. The molecule has 1 atom stereocenters. The van der Waals surface area contributed by atoms with Gasteiger partial charge < -0.3 is 4.57 Å². The van der Waals surface area contributed by atoms with E-state index in [1.807, 2.05) is 43.7 Å². The summed E-state index contributed by atoms with van der Waals surface area (Å²) in [6, 6.07) is 12.9. The average Bonchev–Trinajstić information content (AvgIpc) is 2.76. The molecule has 0 radical (unpaired) electrons. The van der Waals surface area contributed by atoms with Gasteiger partial charge in [-0.2, -0.15) is 10.4 Å². The molecular weight excluding hydrogens is 276 g/mol. The number of hydrogen-bond acceptors (Lipinski definition) is 3. The summed E-state index contributed by atoms with van der Waals surface area (Å²) in [4.78, 5) is 12.1. The molecule has 1 amide bonds. The van der Waals surface area contributed by atoms with Crippen LogP contribution >= 0.6 is 0 Å². The molecule has 0 spiro atoms. The fourth-order valence-corrected chi connectivity index (χ4v) is 2.18. The van der Waals surface area contributed by atoms with E-state index in [-0.39, 0.29) is 0 Å². The number of benzene rings is 1. The van der Waals surface area contributed by atoms with Crippen molar-refractivity contribution in [2.45, 2.75) is 19.8 Å². The fraction of sp³-hybridized carbons (Fsp3) is 0.235. The van der Waals surface area contributed by atoms with Crippen LogP contribution in [0.15, 0.2) is 41.5 Å². The van der Waals surface area contributed by atoms with Crippen molar-refractivity contribution in [2.75, 3.05) is 0 Å². The Morgan fingerprint density at radius 2 is 2.05 bits per heavy atom. The lowest BCUT2D eigenvalue weighted by molar-refractivity contribution is -0.121. The van der Waals surface area contributed by atoms with Gasteiger partial charge in [-0.1, -0.05) is 30.3 Å². The van der Waals surface area contributed by atoms with Crippen molar-refractivity contribution in [2.24, 2.45) is 12.1 Å². The lowest BCUT2D eigenvalue weighted by Gasteiger charge is -2.07. The predicted molar refractivity (Wildman–Crippen MR) is 85.4 cm³/mol. The number of nitrogens with one attached hydrogen (secondary N) is 1. The second-order valence-electron chi connectivity index (χ2n) is 5.09. The maximum atomic E-state index is 12.1. The smallest absolute Gasteiger partial charge is 0.261 e. The Morgan fingerprint density at radius 3 is 2.59 bits per heavy atom. The minimum absolute atomic E-state index is 0.435. The van der Waals surface area contributed by atoms with E-state index >= 15 is 0 Å². The van der Waals surface area contributed by atoms with Crippen LogP contribution in [-0.4, -0.2) is 16.7 Å². The van der Waals surface area contributed by atoms with E-state index in [1.165, 1.54) is 0 Å². The molecule has 1 heterocycles. The first-order valence-corrected chi connectivity index (χ1v) is 6.95. The Labute approximate surface area is 129 Å². The summed E-state index contributed by atoms with van der Waals surface area (Å²) >= 11 is 0. The van der Waals surface area contributed by atoms with Crippen LogP contribution in [0, 0.1) is 25.2 Å². The number of carbonyl (C=O) groups is 1. The Morgan fingerprint density at radius 1 is 1.36 bits per heavy atom. The van der Waals surface area contributed by atoms with Gasteiger partial charge in [-0.3, -0.25) is 4.79 Å². The zero-order chi connectivity index (χ0) is 16.1. The van der Waals surface area contributed by atoms with Crippen LogP contribution in [0.3, 0.4) is 0 Å². The summed E-state index contributed by atoms with van der Waals surface area (Å²) < 4.78 is 2.05. The Balaban J connectivity index is 2.07. The van der Waals surface area contributed by atoms with Gasteiger partial charge in [-0.25, -0.2) is 5.43 Å². The third-order valence-electron chi connectivity index (χ3n) is 3.72. The van der Waals surface area contributed by atoms with Crippen molar-refractivity contribution in [3.63, 3.8) is 0 Å². The Bertz CT molecular complexity index is 738. The normalized spacial score (nSPS) is 12.1. The molecule has 0 saturated carbocycles. The molecule has 0 aliphatic carbocycles. The third-order valence-corrected chi connectivity index (χ3v) is 3.72. The number of rotatable bonds is 4. The van der Waals surface area contributed by atoms with Crippen molar-refractivity contribution in [3.8, 4) is 6.07 Å². The van der Waals surface area contributed by atoms with Gasteiger partial charge in [0.05, 0.1) is 12.3 Å². The van der Waals surface area contributed by atoms with Crippen molar-refractivity contribution >= 4 is 12.1 Å². The third kappa shape index (κ3) is 3.23. The molecule has 2 rings (SSSR count). The first-order valence-electron chi connectivity index (χ1n) is 6.95. The molecule has 5 heteroatoms. The topological polar surface area (TPSA) is 70.2 Å². The van der Waals surface area contributed by atoms with Crippen LogP contribution in [-0.2, 0) is 11.8 Å². The summed E-state index contributed by atoms with van der Waals surface area (Å²) in [6.07, 6.45) is 1.60. The van der Waals surface area contributed by atoms with E-state index in [0.717, 1.165) is 17.0 Å². The molecule has 0 bridgehead atoms. The number of hydrazone groups is 1. The molecule has 0 saturated heterocycles. The van der Waals surface area contributed by atoms with Gasteiger partial charge in [0, 0.05) is 24.0 Å². The first kappa shape index (κ1) is 15.5. The van der Waals surface area contributed by atoms with Crippen LogP contribution < -0.4 is 5.43 Å². The number of hydrogen-bond donors (Lipinski definition) is 1. The summed E-state index contributed by atoms with van der Waals surface area (Å²) in [5, 5.41) is 13.1. The van der Waals surface area contributed by atoms with Crippen LogP contribution in [0.1, 0.15) is 28.4 Å². The van der Waals surface area contributed by atoms with Gasteiger partial charge >= 0.3 is 0 Å². The van der Waals surface area contributed by atoms with Crippen LogP contribution in [0.4, 0.5) is 0 Å². The molecule has 5 nitrogen and oxygen atoms in total. The van der Waals surface area contributed by atoms with E-state index < -0.39 is 11.8 Å². The highest BCUT2D eigenvalue weighted by Crippen LogP contribution is 2.14. The first-order chi connectivity index (χ1) is 10.5. The number of aromatic nitrogens is 1. The molecular formula is C17H18N4O. The van der Waals surface area contributed by atoms with Gasteiger partial charge in [0.2, 0.25) is 0 Å². The Kier molecular flexibility index (Phi) is 4.74. The summed E-state index contributed by atoms with van der Waals surface area (Å²) in [6.45, 7) is 3.99. The van der Waals surface area contributed by atoms with Gasteiger partial charge in [-0.05, 0) is 25.5 Å². The van der Waals surface area contributed by atoms with Crippen LogP contribution in [0.5, 0.6) is 0 Å². The van der Waals surface area contributed by atoms with E-state index in [0.29, 0.717) is 5.56 Å². The molecule has 112 valence electrons. The van der Waals surface area contributed by atoms with Crippen LogP contribution in [0.25, 0.3) is 0 Å². The van der Waals surface area contributed by atoms with E-state index in [9.17, 15) is 10.1 Å². The predicted octanol–water partition coefficient (Wildman–Crippen LogP) is 2.40. The van der Waals surface area contributed by atoms with Crippen molar-refractivity contribution in [1.82, 2.24) is 9.99 Å². The lowest BCUT2D eigenvalue weighted by Crippen LogP contribution is -2.24. The number of nitrogens with zero attached hydrogens (tertiary/aromatic N) is 3. The molecule has 0 fully saturated rings. The number of amides is 1. The number of aryl methyl sites for hydroxylation is 1. The largest absolute Gasteiger partial charge is 0.352 e. The summed E-state index contributed by atoms with van der Waals surface area (Å²) in [5.41, 5.74) is 6.21. The molecule has 0 aliphatic heterocycles. The van der Waals surface area contributed by atoms with Crippen LogP contribution in [0.2, 0.25) is 0 Å². The summed E-state index contributed by atoms with van der Waals surface area (Å²) in [5.74, 6) is -1.30. The molecule has 2 aromatic rings. The molecule has 1 aromatic carbocycles. The van der Waals surface area contributed by atoms with Gasteiger partial charge in [0.25, 0.3) is 5.91 Å². The minimum Gasteiger partial charge on any atom is -0.352 e. The second kappa shape index (κ2) is 6.72. The maximum Gasteiger partial charge on any atom is 0.261 e. The van der Waals surface area contributed by atoms with Gasteiger partial charge in [0.15, 0.2) is 5.92 Å². The average molecular weight is 294 g/mol. The molecule has 22 heavy (non-hydrogen) atoms. The SMILES string of the molecule is Cc1cc(/C=N\NC(=O)[C@H](C#N)c2ccccc2)c(C)n1C. The molecule has 1 N–H and O–H groups in total. The zero-order valence-electron chi connectivity index (χ0n) is 12.9. The lowest BCUT2D eigenvalue weighted by atomic mass is 10.0. The van der Waals surface area contributed by atoms with E-state index in [2.05, 4.69) is 10.5 Å². The molecule has 0 unspecified atom stereocenters. The van der Waals surface area contributed by atoms with Crippen molar-refractivity contribution in [3.05, 3.63) is 58.9 Å². The minimum atomic E-state index is -0.864. The highest BCUT2D eigenvalue weighted by Gasteiger charge is 2.19.